The predicted octanol–water partition coefficient (Wildman–Crippen LogP) is 5.45. The van der Waals surface area contributed by atoms with Gasteiger partial charge >= 0.3 is 0 Å². The van der Waals surface area contributed by atoms with Gasteiger partial charge in [0.1, 0.15) is 5.75 Å². The van der Waals surface area contributed by atoms with Gasteiger partial charge in [0, 0.05) is 71.9 Å². The van der Waals surface area contributed by atoms with Gasteiger partial charge in [0.05, 0.1) is 25.5 Å². The molecule has 2 fully saturated rings. The number of hydrogen-bond acceptors (Lipinski definition) is 5. The molecule has 1 atom stereocenters. The van der Waals surface area contributed by atoms with Gasteiger partial charge in [0.25, 0.3) is 0 Å². The van der Waals surface area contributed by atoms with Gasteiger partial charge in [-0.25, -0.2) is 0 Å². The number of benzene rings is 2. The zero-order valence-corrected chi connectivity index (χ0v) is 23.7. The first kappa shape index (κ1) is 26.2. The number of H-pyrrole nitrogens is 1. The minimum absolute atomic E-state index is 0.0331. The first-order chi connectivity index (χ1) is 20.1. The molecule has 2 aromatic heterocycles. The van der Waals surface area contributed by atoms with E-state index in [0.29, 0.717) is 5.91 Å². The molecule has 2 aromatic carbocycles. The van der Waals surface area contributed by atoms with Crippen molar-refractivity contribution in [1.82, 2.24) is 19.8 Å². The summed E-state index contributed by atoms with van der Waals surface area (Å²) in [5.74, 6) is 1.40. The van der Waals surface area contributed by atoms with Crippen LogP contribution in [0.1, 0.15) is 55.0 Å². The number of hydrogen-bond donors (Lipinski definition) is 2. The van der Waals surface area contributed by atoms with Gasteiger partial charge in [-0.1, -0.05) is 36.8 Å². The minimum atomic E-state index is -0.140. The number of piperidine rings is 1. The molecule has 2 aliphatic heterocycles. The molecule has 1 unspecified atom stereocenters. The number of likely N-dealkylation sites (tertiary alicyclic amines) is 1. The zero-order valence-electron chi connectivity index (χ0n) is 23.7. The van der Waals surface area contributed by atoms with Gasteiger partial charge in [-0.3, -0.25) is 14.7 Å². The summed E-state index contributed by atoms with van der Waals surface area (Å²) in [4.78, 5) is 25.9. The number of ether oxygens (including phenoxy) is 1. The standard InChI is InChI=1S/C34H38N4O3/c1-41-26-12-13-27-29(19-26)36-32-30(21-39)38(20-23-8-10-24(11-9-23)28-7-2-3-16-35-28)22-34(31(27)32)14-17-37(18-15-34)33(40)25-5-4-6-25/h2-3,7-13,16,19,25,30,36,39H,4-6,14-15,17-18,20-22H2,1H3. The van der Waals surface area contributed by atoms with Gasteiger partial charge in [0.15, 0.2) is 0 Å². The molecule has 4 heterocycles. The largest absolute Gasteiger partial charge is 0.497 e. The third-order valence-corrected chi connectivity index (χ3v) is 9.80. The second kappa shape index (κ2) is 10.6. The SMILES string of the molecule is COc1ccc2c3c([nH]c2c1)C(CO)N(Cc1ccc(-c2ccccn2)cc1)CC31CCN(C(=O)C2CCC2)CC1. The maximum absolute atomic E-state index is 13.1. The third-order valence-electron chi connectivity index (χ3n) is 9.80. The van der Waals surface area contributed by atoms with Crippen LogP contribution >= 0.6 is 0 Å². The normalized spacial score (nSPS) is 20.6. The summed E-state index contributed by atoms with van der Waals surface area (Å²) in [7, 11) is 1.69. The number of aromatic nitrogens is 2. The van der Waals surface area contributed by atoms with Crippen LogP contribution in [0.5, 0.6) is 5.75 Å². The molecule has 7 heteroatoms. The molecule has 41 heavy (non-hydrogen) atoms. The van der Waals surface area contributed by atoms with Crippen molar-refractivity contribution in [2.75, 3.05) is 33.4 Å². The fraction of sp³-hybridized carbons (Fsp3) is 0.412. The highest BCUT2D eigenvalue weighted by Gasteiger charge is 2.48. The lowest BCUT2D eigenvalue weighted by Gasteiger charge is -2.50. The van der Waals surface area contributed by atoms with Gasteiger partial charge in [-0.2, -0.15) is 0 Å². The second-order valence-corrected chi connectivity index (χ2v) is 12.1. The number of carbonyl (C=O) groups is 1. The number of nitrogens with one attached hydrogen (secondary N) is 1. The van der Waals surface area contributed by atoms with Gasteiger partial charge in [-0.05, 0) is 61.1 Å². The molecule has 7 nitrogen and oxygen atoms in total. The molecular formula is C34H38N4O3. The highest BCUT2D eigenvalue weighted by atomic mass is 16.5. The third kappa shape index (κ3) is 4.61. The van der Waals surface area contributed by atoms with Crippen LogP contribution in [0.2, 0.25) is 0 Å². The summed E-state index contributed by atoms with van der Waals surface area (Å²) < 4.78 is 5.54. The maximum atomic E-state index is 13.1. The summed E-state index contributed by atoms with van der Waals surface area (Å²) in [6.07, 6.45) is 6.92. The number of methoxy groups -OCH3 is 1. The molecule has 3 aliphatic rings. The highest BCUT2D eigenvalue weighted by Crippen LogP contribution is 2.49. The van der Waals surface area contributed by atoms with Crippen LogP contribution in [0.3, 0.4) is 0 Å². The quantitative estimate of drug-likeness (QED) is 0.334. The van der Waals surface area contributed by atoms with Gasteiger partial charge < -0.3 is 19.7 Å². The lowest BCUT2D eigenvalue weighted by atomic mass is 9.68. The Balaban J connectivity index is 1.22. The molecule has 212 valence electrons. The van der Waals surface area contributed by atoms with Crippen LogP contribution in [-0.2, 0) is 16.8 Å². The number of amides is 1. The summed E-state index contributed by atoms with van der Waals surface area (Å²) >= 11 is 0. The van der Waals surface area contributed by atoms with Crippen LogP contribution in [-0.4, -0.2) is 64.1 Å². The van der Waals surface area contributed by atoms with E-state index in [-0.39, 0.29) is 24.0 Å². The van der Waals surface area contributed by atoms with Crippen molar-refractivity contribution >= 4 is 16.8 Å². The van der Waals surface area contributed by atoms with Crippen LogP contribution in [0.4, 0.5) is 0 Å². The van der Waals surface area contributed by atoms with Crippen LogP contribution in [0.15, 0.2) is 66.9 Å². The number of fused-ring (bicyclic) bond motifs is 4. The Morgan fingerprint density at radius 1 is 1.10 bits per heavy atom. The van der Waals surface area contributed by atoms with Crippen molar-refractivity contribution in [3.05, 3.63) is 83.7 Å². The second-order valence-electron chi connectivity index (χ2n) is 12.1. The van der Waals surface area contributed by atoms with E-state index in [1.807, 2.05) is 30.5 Å². The van der Waals surface area contributed by atoms with Crippen molar-refractivity contribution in [3.8, 4) is 17.0 Å². The summed E-state index contributed by atoms with van der Waals surface area (Å²) in [6.45, 7) is 3.18. The summed E-state index contributed by atoms with van der Waals surface area (Å²) in [5.41, 5.74) is 6.64. The fourth-order valence-electron chi connectivity index (χ4n) is 7.30. The minimum Gasteiger partial charge on any atom is -0.497 e. The molecule has 1 amide bonds. The van der Waals surface area contributed by atoms with Crippen molar-refractivity contribution in [3.63, 3.8) is 0 Å². The van der Waals surface area contributed by atoms with Crippen LogP contribution < -0.4 is 4.74 Å². The van der Waals surface area contributed by atoms with Gasteiger partial charge in [-0.15, -0.1) is 0 Å². The lowest BCUT2D eigenvalue weighted by Crippen LogP contribution is -2.55. The number of pyridine rings is 1. The first-order valence-electron chi connectivity index (χ1n) is 14.9. The van der Waals surface area contributed by atoms with E-state index in [1.165, 1.54) is 22.9 Å². The van der Waals surface area contributed by atoms with E-state index in [4.69, 9.17) is 4.74 Å². The number of aliphatic hydroxyl groups excluding tert-OH is 1. The van der Waals surface area contributed by atoms with E-state index >= 15 is 0 Å². The van der Waals surface area contributed by atoms with Crippen LogP contribution in [0, 0.1) is 5.92 Å². The summed E-state index contributed by atoms with van der Waals surface area (Å²) in [5, 5.41) is 12.0. The predicted molar refractivity (Wildman–Crippen MR) is 160 cm³/mol. The van der Waals surface area contributed by atoms with E-state index in [1.54, 1.807) is 7.11 Å². The van der Waals surface area contributed by atoms with Gasteiger partial charge in [0.2, 0.25) is 5.91 Å². The zero-order chi connectivity index (χ0) is 28.0. The molecule has 2 N–H and O–H groups in total. The van der Waals surface area contributed by atoms with E-state index in [9.17, 15) is 9.90 Å². The Labute approximate surface area is 241 Å². The average Bonchev–Trinajstić information content (AvgIpc) is 3.37. The molecule has 1 spiro atoms. The maximum Gasteiger partial charge on any atom is 0.225 e. The number of nitrogens with zero attached hydrogens (tertiary/aromatic N) is 3. The Kier molecular flexibility index (Phi) is 6.79. The molecule has 7 rings (SSSR count). The molecule has 4 aromatic rings. The molecule has 1 aliphatic carbocycles. The van der Waals surface area contributed by atoms with E-state index in [0.717, 1.165) is 80.1 Å². The smallest absolute Gasteiger partial charge is 0.225 e. The Morgan fingerprint density at radius 2 is 1.90 bits per heavy atom. The van der Waals surface area contributed by atoms with E-state index < -0.39 is 0 Å². The number of rotatable bonds is 6. The summed E-state index contributed by atoms with van der Waals surface area (Å²) in [6, 6.07) is 20.7. The first-order valence-corrected chi connectivity index (χ1v) is 14.9. The average molecular weight is 551 g/mol. The number of carbonyl (C=O) groups excluding carboxylic acids is 1. The Morgan fingerprint density at radius 3 is 2.56 bits per heavy atom. The lowest BCUT2D eigenvalue weighted by molar-refractivity contribution is -0.140. The molecule has 0 radical (unpaired) electrons. The monoisotopic (exact) mass is 550 g/mol. The van der Waals surface area contributed by atoms with Crippen molar-refractivity contribution in [1.29, 1.82) is 0 Å². The molecule has 0 bridgehead atoms. The molecular weight excluding hydrogens is 512 g/mol. The Bertz CT molecular complexity index is 1540. The number of aromatic amines is 1. The number of aliphatic hydroxyl groups is 1. The highest BCUT2D eigenvalue weighted by molar-refractivity contribution is 5.88. The fourth-order valence-corrected chi connectivity index (χ4v) is 7.30. The van der Waals surface area contributed by atoms with Crippen molar-refractivity contribution in [2.24, 2.45) is 5.92 Å². The van der Waals surface area contributed by atoms with Crippen molar-refractivity contribution < 1.29 is 14.6 Å². The van der Waals surface area contributed by atoms with Crippen LogP contribution in [0.25, 0.3) is 22.2 Å². The molecule has 1 saturated heterocycles. The van der Waals surface area contributed by atoms with Crippen molar-refractivity contribution in [2.45, 2.75) is 50.1 Å². The Hall–Kier alpha value is -3.68. The molecule has 1 saturated carbocycles. The topological polar surface area (TPSA) is 81.7 Å². The van der Waals surface area contributed by atoms with E-state index in [2.05, 4.69) is 56.2 Å².